The molecular weight excluding hydrogens is 235 g/mol. The molecule has 1 aliphatic heterocycles. The third-order valence-electron chi connectivity index (χ3n) is 3.64. The second kappa shape index (κ2) is 4.51. The van der Waals surface area contributed by atoms with Gasteiger partial charge in [0, 0.05) is 25.6 Å². The Balaban J connectivity index is 2.08. The first-order chi connectivity index (χ1) is 8.44. The SMILES string of the molecule is C=C(F)C(=O)N1CCC(C)(c2nncn2C)CC1. The summed E-state index contributed by atoms with van der Waals surface area (Å²) in [5.74, 6) is -0.582. The smallest absolute Gasteiger partial charge is 0.281 e. The van der Waals surface area contributed by atoms with E-state index in [1.807, 2.05) is 11.6 Å². The number of likely N-dealkylation sites (tertiary alicyclic amines) is 1. The Morgan fingerprint density at radius 2 is 2.11 bits per heavy atom. The van der Waals surface area contributed by atoms with Crippen molar-refractivity contribution in [3.63, 3.8) is 0 Å². The third kappa shape index (κ3) is 2.14. The zero-order chi connectivity index (χ0) is 13.3. The Kier molecular flexibility index (Phi) is 3.19. The topological polar surface area (TPSA) is 51.0 Å². The van der Waals surface area contributed by atoms with Gasteiger partial charge in [0.1, 0.15) is 12.2 Å². The quantitative estimate of drug-likeness (QED) is 0.743. The van der Waals surface area contributed by atoms with Crippen molar-refractivity contribution in [1.29, 1.82) is 0 Å². The number of piperidine rings is 1. The lowest BCUT2D eigenvalue weighted by atomic mass is 9.79. The molecule has 0 bridgehead atoms. The van der Waals surface area contributed by atoms with Gasteiger partial charge in [-0.2, -0.15) is 0 Å². The molecule has 1 aliphatic rings. The van der Waals surface area contributed by atoms with Gasteiger partial charge in [0.15, 0.2) is 5.83 Å². The molecule has 1 fully saturated rings. The van der Waals surface area contributed by atoms with Gasteiger partial charge in [-0.25, -0.2) is 4.39 Å². The van der Waals surface area contributed by atoms with Crippen LogP contribution in [0.5, 0.6) is 0 Å². The molecule has 0 aromatic carbocycles. The summed E-state index contributed by atoms with van der Waals surface area (Å²) in [7, 11) is 1.90. The van der Waals surface area contributed by atoms with E-state index in [2.05, 4.69) is 23.7 Å². The number of hydrogen-bond donors (Lipinski definition) is 0. The molecular formula is C12H17FN4O. The highest BCUT2D eigenvalue weighted by atomic mass is 19.1. The molecule has 0 unspecified atom stereocenters. The van der Waals surface area contributed by atoms with Crippen molar-refractivity contribution in [3.05, 3.63) is 24.6 Å². The summed E-state index contributed by atoms with van der Waals surface area (Å²) in [6, 6.07) is 0. The van der Waals surface area contributed by atoms with E-state index >= 15 is 0 Å². The normalized spacial score (nSPS) is 18.7. The molecule has 0 atom stereocenters. The second-order valence-electron chi connectivity index (χ2n) is 5.02. The van der Waals surface area contributed by atoms with Crippen LogP contribution in [0.2, 0.25) is 0 Å². The van der Waals surface area contributed by atoms with Crippen LogP contribution in [0.1, 0.15) is 25.6 Å². The summed E-state index contributed by atoms with van der Waals surface area (Å²) >= 11 is 0. The molecule has 18 heavy (non-hydrogen) atoms. The number of halogens is 1. The number of nitrogens with zero attached hydrogens (tertiary/aromatic N) is 4. The van der Waals surface area contributed by atoms with Crippen molar-refractivity contribution in [2.24, 2.45) is 7.05 Å². The predicted octanol–water partition coefficient (Wildman–Crippen LogP) is 1.18. The van der Waals surface area contributed by atoms with E-state index in [-0.39, 0.29) is 5.41 Å². The van der Waals surface area contributed by atoms with Crippen molar-refractivity contribution in [2.75, 3.05) is 13.1 Å². The minimum absolute atomic E-state index is 0.111. The van der Waals surface area contributed by atoms with Gasteiger partial charge in [0.25, 0.3) is 5.91 Å². The predicted molar refractivity (Wildman–Crippen MR) is 64.4 cm³/mol. The zero-order valence-corrected chi connectivity index (χ0v) is 10.7. The second-order valence-corrected chi connectivity index (χ2v) is 5.02. The van der Waals surface area contributed by atoms with Crippen LogP contribution in [-0.4, -0.2) is 38.7 Å². The highest BCUT2D eigenvalue weighted by molar-refractivity contribution is 5.90. The largest absolute Gasteiger partial charge is 0.337 e. The van der Waals surface area contributed by atoms with Crippen molar-refractivity contribution in [1.82, 2.24) is 19.7 Å². The maximum absolute atomic E-state index is 12.8. The van der Waals surface area contributed by atoms with E-state index in [1.165, 1.54) is 4.90 Å². The molecule has 98 valence electrons. The van der Waals surface area contributed by atoms with E-state index in [1.54, 1.807) is 6.33 Å². The van der Waals surface area contributed by atoms with Gasteiger partial charge in [-0.3, -0.25) is 4.79 Å². The number of hydrogen-bond acceptors (Lipinski definition) is 3. The lowest BCUT2D eigenvalue weighted by molar-refractivity contribution is -0.130. The molecule has 0 radical (unpaired) electrons. The first-order valence-corrected chi connectivity index (χ1v) is 5.92. The lowest BCUT2D eigenvalue weighted by Gasteiger charge is -2.38. The van der Waals surface area contributed by atoms with E-state index < -0.39 is 11.7 Å². The van der Waals surface area contributed by atoms with Gasteiger partial charge < -0.3 is 9.47 Å². The van der Waals surface area contributed by atoms with Crippen molar-refractivity contribution in [2.45, 2.75) is 25.2 Å². The maximum atomic E-state index is 12.8. The zero-order valence-electron chi connectivity index (χ0n) is 10.7. The standard InChI is InChI=1S/C12H17FN4O/c1-9(13)10(18)17-6-4-12(2,5-7-17)11-15-14-8-16(11)3/h8H,1,4-7H2,2-3H3. The van der Waals surface area contributed by atoms with E-state index in [0.29, 0.717) is 13.1 Å². The van der Waals surface area contributed by atoms with Crippen LogP contribution in [0.4, 0.5) is 4.39 Å². The average Bonchev–Trinajstić information content (AvgIpc) is 2.76. The number of carbonyl (C=O) groups excluding carboxylic acids is 1. The van der Waals surface area contributed by atoms with Crippen molar-refractivity contribution >= 4 is 5.91 Å². The fraction of sp³-hybridized carbons (Fsp3) is 0.583. The van der Waals surface area contributed by atoms with Crippen LogP contribution in [0.25, 0.3) is 0 Å². The summed E-state index contributed by atoms with van der Waals surface area (Å²) in [5.41, 5.74) is -0.111. The van der Waals surface area contributed by atoms with Crippen LogP contribution in [0.3, 0.4) is 0 Å². The van der Waals surface area contributed by atoms with Gasteiger partial charge in [0.05, 0.1) is 0 Å². The molecule has 1 aromatic rings. The molecule has 1 amide bonds. The summed E-state index contributed by atoms with van der Waals surface area (Å²) in [6.45, 7) is 6.18. The van der Waals surface area contributed by atoms with Gasteiger partial charge in [-0.05, 0) is 12.8 Å². The molecule has 0 saturated carbocycles. The van der Waals surface area contributed by atoms with Crippen LogP contribution >= 0.6 is 0 Å². The molecule has 0 spiro atoms. The Morgan fingerprint density at radius 1 is 1.50 bits per heavy atom. The Morgan fingerprint density at radius 3 is 2.56 bits per heavy atom. The number of carbonyl (C=O) groups is 1. The molecule has 0 N–H and O–H groups in total. The van der Waals surface area contributed by atoms with E-state index in [9.17, 15) is 9.18 Å². The van der Waals surface area contributed by atoms with Crippen molar-refractivity contribution in [3.8, 4) is 0 Å². The number of aromatic nitrogens is 3. The summed E-state index contributed by atoms with van der Waals surface area (Å²) in [4.78, 5) is 13.0. The van der Waals surface area contributed by atoms with Gasteiger partial charge in [-0.15, -0.1) is 10.2 Å². The highest BCUT2D eigenvalue weighted by Gasteiger charge is 2.36. The number of rotatable bonds is 2. The summed E-state index contributed by atoms with van der Waals surface area (Å²) < 4.78 is 14.7. The van der Waals surface area contributed by atoms with Gasteiger partial charge in [0.2, 0.25) is 0 Å². The van der Waals surface area contributed by atoms with Crippen LogP contribution in [0, 0.1) is 0 Å². The monoisotopic (exact) mass is 252 g/mol. The van der Waals surface area contributed by atoms with Gasteiger partial charge >= 0.3 is 0 Å². The first-order valence-electron chi connectivity index (χ1n) is 5.92. The molecule has 6 heteroatoms. The maximum Gasteiger partial charge on any atom is 0.281 e. The first kappa shape index (κ1) is 12.7. The molecule has 5 nitrogen and oxygen atoms in total. The fourth-order valence-electron chi connectivity index (χ4n) is 2.43. The average molecular weight is 252 g/mol. The Hall–Kier alpha value is -1.72. The molecule has 1 saturated heterocycles. The summed E-state index contributed by atoms with van der Waals surface area (Å²) in [5, 5.41) is 8.02. The Bertz CT molecular complexity index is 474. The number of amides is 1. The molecule has 2 rings (SSSR count). The van der Waals surface area contributed by atoms with Crippen LogP contribution < -0.4 is 0 Å². The Labute approximate surface area is 105 Å². The summed E-state index contributed by atoms with van der Waals surface area (Å²) in [6.07, 6.45) is 3.17. The molecule has 0 aliphatic carbocycles. The van der Waals surface area contributed by atoms with E-state index in [4.69, 9.17) is 0 Å². The minimum Gasteiger partial charge on any atom is -0.337 e. The van der Waals surface area contributed by atoms with Crippen molar-refractivity contribution < 1.29 is 9.18 Å². The third-order valence-corrected chi connectivity index (χ3v) is 3.64. The molecule has 2 heterocycles. The highest BCUT2D eigenvalue weighted by Crippen LogP contribution is 2.33. The van der Waals surface area contributed by atoms with Crippen LogP contribution in [-0.2, 0) is 17.3 Å². The molecule has 1 aromatic heterocycles. The lowest BCUT2D eigenvalue weighted by Crippen LogP contribution is -2.44. The minimum atomic E-state index is -0.891. The van der Waals surface area contributed by atoms with Crippen LogP contribution in [0.15, 0.2) is 18.7 Å². The van der Waals surface area contributed by atoms with Gasteiger partial charge in [-0.1, -0.05) is 13.5 Å². The number of aryl methyl sites for hydroxylation is 1. The fourth-order valence-corrected chi connectivity index (χ4v) is 2.43. The van der Waals surface area contributed by atoms with E-state index in [0.717, 1.165) is 18.7 Å².